The maximum Gasteiger partial charge on any atom is 0.194 e. The highest BCUT2D eigenvalue weighted by molar-refractivity contribution is 6.14. The monoisotopic (exact) mass is 1250 g/mol. The molecule has 0 N–H and O–H groups in total. The van der Waals surface area contributed by atoms with Gasteiger partial charge in [-0.05, 0) is 134 Å². The third-order valence-electron chi connectivity index (χ3n) is 18.7. The van der Waals surface area contributed by atoms with E-state index in [-0.39, 0.29) is 0 Å². The van der Waals surface area contributed by atoms with Gasteiger partial charge in [0.05, 0.1) is 63.3 Å². The first kappa shape index (κ1) is 58.0. The van der Waals surface area contributed by atoms with Gasteiger partial charge >= 0.3 is 0 Å². The number of para-hydroxylation sites is 1. The summed E-state index contributed by atoms with van der Waals surface area (Å²) < 4.78 is 4.65. The van der Waals surface area contributed by atoms with E-state index in [1.807, 2.05) is 133 Å². The lowest BCUT2D eigenvalue weighted by atomic mass is 9.95. The molecule has 17 rings (SSSR count). The van der Waals surface area contributed by atoms with E-state index in [4.69, 9.17) is 21.5 Å². The number of hydrogen-bond acceptors (Lipinski definition) is 5. The smallest absolute Gasteiger partial charge is 0.194 e. The van der Waals surface area contributed by atoms with Crippen LogP contribution in [0, 0.1) is 29.2 Å². The molecule has 0 aliphatic carbocycles. The molecular formula is C90H54N8. The van der Waals surface area contributed by atoms with E-state index >= 15 is 0 Å². The van der Waals surface area contributed by atoms with Gasteiger partial charge < -0.3 is 9.13 Å². The van der Waals surface area contributed by atoms with E-state index < -0.39 is 0 Å². The summed E-state index contributed by atoms with van der Waals surface area (Å²) in [5, 5.41) is 25.7. The zero-order valence-electron chi connectivity index (χ0n) is 52.8. The average Bonchev–Trinajstić information content (AvgIpc) is 1.55. The Balaban J connectivity index is 0.937. The highest BCUT2D eigenvalue weighted by atomic mass is 15.0. The molecule has 0 spiro atoms. The first-order chi connectivity index (χ1) is 48.5. The fraction of sp³-hybridized carbons (Fsp3) is 0. The minimum Gasteiger partial charge on any atom is -0.309 e. The Kier molecular flexibility index (Phi) is 14.5. The van der Waals surface area contributed by atoms with Crippen LogP contribution in [0.2, 0.25) is 0 Å². The van der Waals surface area contributed by atoms with Crippen molar-refractivity contribution >= 4 is 49.3 Å². The zero-order chi connectivity index (χ0) is 65.6. The second-order valence-electron chi connectivity index (χ2n) is 24.3. The molecule has 3 heterocycles. The van der Waals surface area contributed by atoms with Gasteiger partial charge in [0.1, 0.15) is 0 Å². The molecule has 8 heteroatoms. The lowest BCUT2D eigenvalue weighted by Crippen LogP contribution is -2.04. The molecule has 0 fully saturated rings. The molecular weight excluding hydrogens is 1190 g/mol. The van der Waals surface area contributed by atoms with Crippen molar-refractivity contribution < 1.29 is 0 Å². The number of fused-ring (bicyclic) bond motifs is 6. The van der Waals surface area contributed by atoms with Crippen LogP contribution in [0.15, 0.2) is 328 Å². The second kappa shape index (κ2) is 24.6. The van der Waals surface area contributed by atoms with E-state index in [2.05, 4.69) is 220 Å². The molecule has 0 bridgehead atoms. The van der Waals surface area contributed by atoms with Gasteiger partial charge in [-0.15, -0.1) is 0 Å². The molecule has 0 radical (unpaired) electrons. The number of nitriles is 2. The molecule has 454 valence electrons. The fourth-order valence-electron chi connectivity index (χ4n) is 14.1. The lowest BCUT2D eigenvalue weighted by molar-refractivity contribution is 1.07. The van der Waals surface area contributed by atoms with Gasteiger partial charge in [0.25, 0.3) is 0 Å². The van der Waals surface area contributed by atoms with Crippen LogP contribution >= 0.6 is 0 Å². The maximum absolute atomic E-state index is 10.9. The predicted octanol–water partition coefficient (Wildman–Crippen LogP) is 23.0. The van der Waals surface area contributed by atoms with Crippen LogP contribution in [0.1, 0.15) is 11.1 Å². The van der Waals surface area contributed by atoms with Crippen LogP contribution in [0.5, 0.6) is 0 Å². The standard InChI is InChI=1S/C90H54N8/c1-93-81-37-21-20-35-73(81)75-45-39-67(55-87(75)98-84-48-42-64(60-26-10-4-11-27-60)52-79(84)80-53-65(43-49-85(80)98)61-28-12-5-13-29-61)89-94-88(95-90(96-89)76-36-19-18-34-72(76)70-32-16-14-30-68(70)56-91)66-38-44-74(71-33-17-15-31-69(71)57-92)86(54-66)97-82-46-40-62(58-22-6-2-7-23-58)50-77(82)78-51-63(41-47-83(78)97)59-24-8-3-9-25-59/h2-55H. The van der Waals surface area contributed by atoms with Crippen molar-refractivity contribution in [3.05, 3.63) is 350 Å². The van der Waals surface area contributed by atoms with Crippen LogP contribution in [0.3, 0.4) is 0 Å². The van der Waals surface area contributed by atoms with Gasteiger partial charge in [-0.1, -0.05) is 255 Å². The molecule has 0 atom stereocenters. The topological polar surface area (TPSA) is 100 Å². The Hall–Kier alpha value is -13.8. The van der Waals surface area contributed by atoms with E-state index in [1.165, 1.54) is 0 Å². The van der Waals surface area contributed by atoms with Crippen molar-refractivity contribution in [3.8, 4) is 136 Å². The number of rotatable bonds is 12. The van der Waals surface area contributed by atoms with E-state index in [9.17, 15) is 10.5 Å². The zero-order valence-corrected chi connectivity index (χ0v) is 52.8. The number of hydrogen-bond donors (Lipinski definition) is 0. The highest BCUT2D eigenvalue weighted by Gasteiger charge is 2.25. The Morgan fingerprint density at radius 1 is 0.255 bits per heavy atom. The summed E-state index contributed by atoms with van der Waals surface area (Å²) in [7, 11) is 0. The number of nitrogens with zero attached hydrogens (tertiary/aromatic N) is 8. The molecule has 0 unspecified atom stereocenters. The quantitative estimate of drug-likeness (QED) is 0.113. The van der Waals surface area contributed by atoms with Crippen molar-refractivity contribution in [1.29, 1.82) is 10.5 Å². The van der Waals surface area contributed by atoms with Gasteiger partial charge in [-0.3, -0.25) is 0 Å². The van der Waals surface area contributed by atoms with Gasteiger partial charge in [0.2, 0.25) is 0 Å². The summed E-state index contributed by atoms with van der Waals surface area (Å²) in [6.07, 6.45) is 0. The van der Waals surface area contributed by atoms with Gasteiger partial charge in [-0.2, -0.15) is 10.5 Å². The molecule has 0 saturated carbocycles. The first-order valence-electron chi connectivity index (χ1n) is 32.5. The molecule has 0 amide bonds. The van der Waals surface area contributed by atoms with Crippen molar-refractivity contribution in [2.45, 2.75) is 0 Å². The van der Waals surface area contributed by atoms with Crippen LogP contribution < -0.4 is 0 Å². The largest absolute Gasteiger partial charge is 0.309 e. The minimum absolute atomic E-state index is 0.398. The molecule has 0 saturated heterocycles. The van der Waals surface area contributed by atoms with Crippen molar-refractivity contribution in [2.24, 2.45) is 0 Å². The summed E-state index contributed by atoms with van der Waals surface area (Å²) in [6.45, 7) is 8.51. The first-order valence-corrected chi connectivity index (χ1v) is 32.5. The SMILES string of the molecule is [C-]#[N+]c1ccccc1-c1ccc(-c2nc(-c3ccc(-c4ccccc4C#N)c(-n4c5ccc(-c6ccccc6)cc5c5cc(-c6ccccc6)ccc54)c3)nc(-c3ccccc3-c3ccccc3C#N)n2)cc1-n1c2ccc(-c3ccccc3)cc2c2cc(-c3ccccc3)ccc21. The van der Waals surface area contributed by atoms with Crippen molar-refractivity contribution in [3.63, 3.8) is 0 Å². The number of aromatic nitrogens is 5. The summed E-state index contributed by atoms with van der Waals surface area (Å²) in [6, 6.07) is 117. The van der Waals surface area contributed by atoms with Crippen molar-refractivity contribution in [2.75, 3.05) is 0 Å². The van der Waals surface area contributed by atoms with E-state index in [1.54, 1.807) is 0 Å². The summed E-state index contributed by atoms with van der Waals surface area (Å²) in [5.41, 5.74) is 22.8. The third-order valence-corrected chi connectivity index (χ3v) is 18.7. The average molecular weight is 1250 g/mol. The summed E-state index contributed by atoms with van der Waals surface area (Å²) in [5.74, 6) is 1.20. The van der Waals surface area contributed by atoms with Crippen LogP contribution in [0.25, 0.3) is 172 Å². The Bertz CT molecular complexity index is 5630. The van der Waals surface area contributed by atoms with Crippen molar-refractivity contribution in [1.82, 2.24) is 24.1 Å². The Morgan fingerprint density at radius 2 is 0.561 bits per heavy atom. The molecule has 0 aliphatic rings. The number of benzene rings is 14. The van der Waals surface area contributed by atoms with Crippen LogP contribution in [-0.2, 0) is 0 Å². The van der Waals surface area contributed by atoms with E-state index in [0.29, 0.717) is 51.0 Å². The van der Waals surface area contributed by atoms with Gasteiger partial charge in [-0.25, -0.2) is 19.8 Å². The molecule has 8 nitrogen and oxygen atoms in total. The normalized spacial score (nSPS) is 11.2. The molecule has 98 heavy (non-hydrogen) atoms. The highest BCUT2D eigenvalue weighted by Crippen LogP contribution is 2.46. The Labute approximate surface area is 566 Å². The maximum atomic E-state index is 10.9. The second-order valence-corrected chi connectivity index (χ2v) is 24.3. The van der Waals surface area contributed by atoms with Gasteiger partial charge in [0, 0.05) is 54.9 Å². The summed E-state index contributed by atoms with van der Waals surface area (Å²) in [4.78, 5) is 20.7. The van der Waals surface area contributed by atoms with Crippen LogP contribution in [0.4, 0.5) is 5.69 Å². The predicted molar refractivity (Wildman–Crippen MR) is 399 cm³/mol. The fourth-order valence-corrected chi connectivity index (χ4v) is 14.1. The molecule has 3 aromatic heterocycles. The molecule has 17 aromatic rings. The Morgan fingerprint density at radius 3 is 0.949 bits per heavy atom. The molecule has 0 aliphatic heterocycles. The summed E-state index contributed by atoms with van der Waals surface area (Å²) >= 11 is 0. The molecule has 14 aromatic carbocycles. The lowest BCUT2D eigenvalue weighted by Gasteiger charge is -2.18. The van der Waals surface area contributed by atoms with Crippen LogP contribution in [-0.4, -0.2) is 24.1 Å². The van der Waals surface area contributed by atoms with Gasteiger partial charge in [0.15, 0.2) is 23.2 Å². The third kappa shape index (κ3) is 10.2. The van der Waals surface area contributed by atoms with E-state index in [0.717, 1.165) is 133 Å². The minimum atomic E-state index is 0.398.